The van der Waals surface area contributed by atoms with Crippen LogP contribution in [0.15, 0.2) is 85.2 Å². The third kappa shape index (κ3) is 3.98. The second kappa shape index (κ2) is 7.74. The van der Waals surface area contributed by atoms with Gasteiger partial charge in [0.05, 0.1) is 12.2 Å². The fourth-order valence-electron chi connectivity index (χ4n) is 2.90. The Kier molecular flexibility index (Phi) is 4.83. The first kappa shape index (κ1) is 16.8. The highest BCUT2D eigenvalue weighted by Gasteiger charge is 2.09. The van der Waals surface area contributed by atoms with Crippen molar-refractivity contribution < 1.29 is 9.53 Å². The Morgan fingerprint density at radius 2 is 1.74 bits per heavy atom. The number of amides is 1. The second-order valence-electron chi connectivity index (χ2n) is 6.13. The minimum atomic E-state index is -0.185. The van der Waals surface area contributed by atoms with Crippen LogP contribution in [0.25, 0.3) is 16.8 Å². The smallest absolute Gasteiger partial charge is 0.258 e. The molecule has 0 radical (unpaired) electrons. The van der Waals surface area contributed by atoms with Crippen LogP contribution in [0.3, 0.4) is 0 Å². The van der Waals surface area contributed by atoms with Crippen molar-refractivity contribution in [3.05, 3.63) is 90.9 Å². The fraction of sp³-hybridized carbons (Fsp3) is 0.0909. The molecule has 0 aliphatic rings. The van der Waals surface area contributed by atoms with Crippen LogP contribution in [0.1, 0.15) is 5.69 Å². The number of hydrogen-bond acceptors (Lipinski definition) is 3. The van der Waals surface area contributed by atoms with E-state index in [-0.39, 0.29) is 12.5 Å². The molecule has 5 heteroatoms. The summed E-state index contributed by atoms with van der Waals surface area (Å²) in [6.07, 6.45) is 3.83. The zero-order valence-electron chi connectivity index (χ0n) is 14.7. The number of fused-ring (bicyclic) bond motifs is 1. The Bertz CT molecular complexity index is 1020. The third-order valence-electron chi connectivity index (χ3n) is 4.21. The number of aromatic nitrogens is 2. The standard InChI is InChI=1S/C22H19N3O2/c26-22(23-14-18-15-25-13-7-6-12-21(25)24-18)16-27-20-11-5-4-10-19(20)17-8-2-1-3-9-17/h1-13,15H,14,16H2,(H,23,26). The second-order valence-corrected chi connectivity index (χ2v) is 6.13. The van der Waals surface area contributed by atoms with Crippen molar-refractivity contribution in [3.63, 3.8) is 0 Å². The van der Waals surface area contributed by atoms with E-state index in [9.17, 15) is 4.79 Å². The van der Waals surface area contributed by atoms with Gasteiger partial charge in [-0.25, -0.2) is 4.98 Å². The largest absolute Gasteiger partial charge is 0.483 e. The molecule has 27 heavy (non-hydrogen) atoms. The number of rotatable bonds is 6. The molecule has 134 valence electrons. The highest BCUT2D eigenvalue weighted by molar-refractivity contribution is 5.78. The van der Waals surface area contributed by atoms with Gasteiger partial charge in [-0.2, -0.15) is 0 Å². The minimum Gasteiger partial charge on any atom is -0.483 e. The molecule has 0 saturated heterocycles. The van der Waals surface area contributed by atoms with E-state index in [0.29, 0.717) is 12.3 Å². The van der Waals surface area contributed by atoms with Crippen LogP contribution in [-0.2, 0) is 11.3 Å². The molecule has 4 rings (SSSR count). The van der Waals surface area contributed by atoms with E-state index >= 15 is 0 Å². The van der Waals surface area contributed by atoms with Crippen molar-refractivity contribution in [3.8, 4) is 16.9 Å². The molecular formula is C22H19N3O2. The highest BCUT2D eigenvalue weighted by atomic mass is 16.5. The van der Waals surface area contributed by atoms with E-state index in [1.807, 2.05) is 89.6 Å². The first-order chi connectivity index (χ1) is 13.3. The fourth-order valence-corrected chi connectivity index (χ4v) is 2.90. The summed E-state index contributed by atoms with van der Waals surface area (Å²) < 4.78 is 7.69. The SMILES string of the molecule is O=C(COc1ccccc1-c1ccccc1)NCc1cn2ccccc2n1. The van der Waals surface area contributed by atoms with E-state index < -0.39 is 0 Å². The van der Waals surface area contributed by atoms with Crippen LogP contribution in [0.2, 0.25) is 0 Å². The van der Waals surface area contributed by atoms with Crippen LogP contribution in [-0.4, -0.2) is 21.9 Å². The van der Waals surface area contributed by atoms with E-state index in [1.54, 1.807) is 0 Å². The van der Waals surface area contributed by atoms with E-state index in [1.165, 1.54) is 0 Å². The maximum Gasteiger partial charge on any atom is 0.258 e. The maximum atomic E-state index is 12.2. The molecule has 1 N–H and O–H groups in total. The highest BCUT2D eigenvalue weighted by Crippen LogP contribution is 2.29. The first-order valence-electron chi connectivity index (χ1n) is 8.76. The summed E-state index contributed by atoms with van der Waals surface area (Å²) >= 11 is 0. The minimum absolute atomic E-state index is 0.0444. The summed E-state index contributed by atoms with van der Waals surface area (Å²) in [4.78, 5) is 16.6. The number of nitrogens with one attached hydrogen (secondary N) is 1. The Morgan fingerprint density at radius 1 is 0.963 bits per heavy atom. The molecule has 4 aromatic rings. The predicted octanol–water partition coefficient (Wildman–Crippen LogP) is 3.70. The lowest BCUT2D eigenvalue weighted by Gasteiger charge is -2.11. The predicted molar refractivity (Wildman–Crippen MR) is 104 cm³/mol. The van der Waals surface area contributed by atoms with Gasteiger partial charge in [0.25, 0.3) is 5.91 Å². The zero-order chi connectivity index (χ0) is 18.5. The zero-order valence-corrected chi connectivity index (χ0v) is 14.7. The molecule has 0 aliphatic carbocycles. The van der Waals surface area contributed by atoms with Gasteiger partial charge in [0, 0.05) is 18.0 Å². The number of benzene rings is 2. The summed E-state index contributed by atoms with van der Waals surface area (Å²) in [5.74, 6) is 0.501. The Labute approximate surface area is 157 Å². The van der Waals surface area contributed by atoms with Crippen LogP contribution < -0.4 is 10.1 Å². The van der Waals surface area contributed by atoms with Crippen molar-refractivity contribution in [1.29, 1.82) is 0 Å². The average molecular weight is 357 g/mol. The number of carbonyl (C=O) groups excluding carboxylic acids is 1. The molecule has 2 heterocycles. The first-order valence-corrected chi connectivity index (χ1v) is 8.76. The van der Waals surface area contributed by atoms with Crippen LogP contribution in [0.4, 0.5) is 0 Å². The molecule has 0 atom stereocenters. The van der Waals surface area contributed by atoms with Crippen molar-refractivity contribution in [1.82, 2.24) is 14.7 Å². The van der Waals surface area contributed by atoms with Gasteiger partial charge in [-0.05, 0) is 23.8 Å². The topological polar surface area (TPSA) is 55.6 Å². The number of imidazole rings is 1. The molecule has 1 amide bonds. The Balaban J connectivity index is 1.37. The summed E-state index contributed by atoms with van der Waals surface area (Å²) in [6.45, 7) is 0.321. The van der Waals surface area contributed by atoms with Gasteiger partial charge in [0.2, 0.25) is 0 Å². The van der Waals surface area contributed by atoms with Gasteiger partial charge in [-0.1, -0.05) is 54.6 Å². The third-order valence-corrected chi connectivity index (χ3v) is 4.21. The van der Waals surface area contributed by atoms with E-state index in [4.69, 9.17) is 4.74 Å². The lowest BCUT2D eigenvalue weighted by molar-refractivity contribution is -0.123. The van der Waals surface area contributed by atoms with Crippen molar-refractivity contribution in [2.24, 2.45) is 0 Å². The number of nitrogens with zero attached hydrogens (tertiary/aromatic N) is 2. The van der Waals surface area contributed by atoms with Crippen molar-refractivity contribution >= 4 is 11.6 Å². The van der Waals surface area contributed by atoms with Crippen LogP contribution in [0.5, 0.6) is 5.75 Å². The molecular weight excluding hydrogens is 338 g/mol. The number of ether oxygens (including phenoxy) is 1. The Hall–Kier alpha value is -3.60. The summed E-state index contributed by atoms with van der Waals surface area (Å²) in [6, 6.07) is 23.5. The number of para-hydroxylation sites is 1. The molecule has 0 saturated carbocycles. The average Bonchev–Trinajstić information content (AvgIpc) is 3.15. The van der Waals surface area contributed by atoms with E-state index in [2.05, 4.69) is 10.3 Å². The van der Waals surface area contributed by atoms with Crippen LogP contribution in [0, 0.1) is 0 Å². The number of hydrogen-bond donors (Lipinski definition) is 1. The molecule has 0 unspecified atom stereocenters. The lowest BCUT2D eigenvalue weighted by Crippen LogP contribution is -2.28. The van der Waals surface area contributed by atoms with Gasteiger partial charge >= 0.3 is 0 Å². The normalized spacial score (nSPS) is 10.7. The molecule has 2 aromatic heterocycles. The molecule has 0 bridgehead atoms. The monoisotopic (exact) mass is 357 g/mol. The van der Waals surface area contributed by atoms with Gasteiger partial charge in [0.1, 0.15) is 11.4 Å². The molecule has 0 spiro atoms. The summed E-state index contributed by atoms with van der Waals surface area (Å²) in [5, 5.41) is 2.85. The van der Waals surface area contributed by atoms with E-state index in [0.717, 1.165) is 22.5 Å². The summed E-state index contributed by atoms with van der Waals surface area (Å²) in [7, 11) is 0. The van der Waals surface area contributed by atoms with Crippen molar-refractivity contribution in [2.45, 2.75) is 6.54 Å². The quantitative estimate of drug-likeness (QED) is 0.572. The maximum absolute atomic E-state index is 12.2. The Morgan fingerprint density at radius 3 is 2.59 bits per heavy atom. The lowest BCUT2D eigenvalue weighted by atomic mass is 10.1. The van der Waals surface area contributed by atoms with Crippen LogP contribution >= 0.6 is 0 Å². The van der Waals surface area contributed by atoms with Gasteiger partial charge in [-0.3, -0.25) is 4.79 Å². The van der Waals surface area contributed by atoms with Crippen molar-refractivity contribution in [2.75, 3.05) is 6.61 Å². The summed E-state index contributed by atoms with van der Waals surface area (Å²) in [5.41, 5.74) is 3.68. The molecule has 0 fully saturated rings. The number of carbonyl (C=O) groups is 1. The number of pyridine rings is 1. The molecule has 2 aromatic carbocycles. The van der Waals surface area contributed by atoms with Gasteiger partial charge < -0.3 is 14.5 Å². The molecule has 0 aliphatic heterocycles. The van der Waals surface area contributed by atoms with Gasteiger partial charge in [-0.15, -0.1) is 0 Å². The van der Waals surface area contributed by atoms with Gasteiger partial charge in [0.15, 0.2) is 6.61 Å². The molecule has 5 nitrogen and oxygen atoms in total.